The van der Waals surface area contributed by atoms with Crippen LogP contribution in [0.4, 0.5) is 5.69 Å². The van der Waals surface area contributed by atoms with Crippen LogP contribution in [0.5, 0.6) is 0 Å². The first-order valence-corrected chi connectivity index (χ1v) is 8.50. The Labute approximate surface area is 124 Å². The third kappa shape index (κ3) is 5.79. The Kier molecular flexibility index (Phi) is 6.29. The molecule has 5 nitrogen and oxygen atoms in total. The Hall–Kier alpha value is -1.27. The molecule has 1 aromatic rings. The number of rotatable bonds is 7. The molecule has 0 atom stereocenters. The number of benzene rings is 1. The highest BCUT2D eigenvalue weighted by Gasteiger charge is 2.11. The monoisotopic (exact) mass is 318 g/mol. The number of alkyl halides is 1. The van der Waals surface area contributed by atoms with Gasteiger partial charge in [0.15, 0.2) is 0 Å². The third-order valence-corrected chi connectivity index (χ3v) is 4.03. The molecule has 2 N–H and O–H groups in total. The van der Waals surface area contributed by atoms with Gasteiger partial charge in [0, 0.05) is 23.2 Å². The van der Waals surface area contributed by atoms with Gasteiger partial charge in [0.05, 0.1) is 5.75 Å². The molecule has 0 aliphatic rings. The van der Waals surface area contributed by atoms with E-state index in [1.807, 2.05) is 13.8 Å². The molecule has 0 radical (unpaired) electrons. The molecule has 0 heterocycles. The van der Waals surface area contributed by atoms with Crippen LogP contribution in [-0.4, -0.2) is 32.0 Å². The van der Waals surface area contributed by atoms with Gasteiger partial charge in [-0.1, -0.05) is 0 Å². The maximum Gasteiger partial charge on any atom is 0.251 e. The van der Waals surface area contributed by atoms with Crippen molar-refractivity contribution in [3.63, 3.8) is 0 Å². The summed E-state index contributed by atoms with van der Waals surface area (Å²) < 4.78 is 25.8. The van der Waals surface area contributed by atoms with Gasteiger partial charge >= 0.3 is 0 Å². The molecule has 0 aromatic heterocycles. The highest BCUT2D eigenvalue weighted by Crippen LogP contribution is 2.12. The second-order valence-corrected chi connectivity index (χ2v) is 6.89. The molecule has 0 saturated carbocycles. The first-order chi connectivity index (χ1) is 9.34. The Morgan fingerprint density at radius 1 is 1.25 bits per heavy atom. The largest absolute Gasteiger partial charge is 0.350 e. The summed E-state index contributed by atoms with van der Waals surface area (Å²) in [6.45, 7) is 3.74. The lowest BCUT2D eigenvalue weighted by molar-refractivity contribution is 0.0943. The van der Waals surface area contributed by atoms with Crippen LogP contribution in [0.3, 0.4) is 0 Å². The molecule has 20 heavy (non-hydrogen) atoms. The van der Waals surface area contributed by atoms with Gasteiger partial charge in [0.2, 0.25) is 10.0 Å². The normalized spacial score (nSPS) is 11.4. The number of carbonyl (C=O) groups is 1. The van der Waals surface area contributed by atoms with Crippen LogP contribution < -0.4 is 10.0 Å². The van der Waals surface area contributed by atoms with Crippen molar-refractivity contribution >= 4 is 33.2 Å². The van der Waals surface area contributed by atoms with Gasteiger partial charge in [-0.15, -0.1) is 11.6 Å². The van der Waals surface area contributed by atoms with E-state index >= 15 is 0 Å². The number of amides is 1. The average molecular weight is 319 g/mol. The number of anilines is 1. The number of sulfonamides is 1. The molecule has 1 rings (SSSR count). The van der Waals surface area contributed by atoms with E-state index in [9.17, 15) is 13.2 Å². The van der Waals surface area contributed by atoms with Crippen LogP contribution in [0.1, 0.15) is 30.6 Å². The van der Waals surface area contributed by atoms with E-state index in [1.54, 1.807) is 24.3 Å². The topological polar surface area (TPSA) is 75.3 Å². The molecule has 0 fully saturated rings. The van der Waals surface area contributed by atoms with Gasteiger partial charge < -0.3 is 5.32 Å². The van der Waals surface area contributed by atoms with Gasteiger partial charge in [-0.3, -0.25) is 9.52 Å². The highest BCUT2D eigenvalue weighted by atomic mass is 35.5. The third-order valence-electron chi connectivity index (χ3n) is 2.39. The van der Waals surface area contributed by atoms with Crippen molar-refractivity contribution in [3.05, 3.63) is 29.8 Å². The molecule has 1 amide bonds. The molecule has 0 unspecified atom stereocenters. The SMILES string of the molecule is CC(C)NC(=O)c1ccc(NS(=O)(=O)CCCCl)cc1. The molecule has 0 saturated heterocycles. The number of nitrogens with one attached hydrogen (secondary N) is 2. The van der Waals surface area contributed by atoms with Gasteiger partial charge in [-0.05, 0) is 44.5 Å². The minimum atomic E-state index is -3.38. The van der Waals surface area contributed by atoms with Crippen LogP contribution in [0.25, 0.3) is 0 Å². The predicted octanol–water partition coefficient (Wildman–Crippen LogP) is 2.20. The number of hydrogen-bond acceptors (Lipinski definition) is 3. The van der Waals surface area contributed by atoms with E-state index < -0.39 is 10.0 Å². The van der Waals surface area contributed by atoms with Crippen LogP contribution in [-0.2, 0) is 10.0 Å². The first-order valence-electron chi connectivity index (χ1n) is 6.31. The highest BCUT2D eigenvalue weighted by molar-refractivity contribution is 7.92. The summed E-state index contributed by atoms with van der Waals surface area (Å²) in [7, 11) is -3.38. The Morgan fingerprint density at radius 2 is 1.85 bits per heavy atom. The lowest BCUT2D eigenvalue weighted by atomic mass is 10.2. The summed E-state index contributed by atoms with van der Waals surface area (Å²) >= 11 is 5.47. The Bertz CT molecular complexity index is 541. The lowest BCUT2D eigenvalue weighted by Gasteiger charge is -2.10. The van der Waals surface area contributed by atoms with Crippen LogP contribution in [0.2, 0.25) is 0 Å². The summed E-state index contributed by atoms with van der Waals surface area (Å²) in [6, 6.07) is 6.34. The number of halogens is 1. The number of hydrogen-bond donors (Lipinski definition) is 2. The van der Waals surface area contributed by atoms with Gasteiger partial charge in [-0.2, -0.15) is 0 Å². The fourth-order valence-electron chi connectivity index (χ4n) is 1.51. The predicted molar refractivity (Wildman–Crippen MR) is 81.8 cm³/mol. The van der Waals surface area contributed by atoms with E-state index in [0.29, 0.717) is 23.6 Å². The van der Waals surface area contributed by atoms with E-state index in [1.165, 1.54) is 0 Å². The van der Waals surface area contributed by atoms with Crippen LogP contribution in [0, 0.1) is 0 Å². The molecule has 7 heteroatoms. The van der Waals surface area contributed by atoms with Crippen molar-refractivity contribution in [2.24, 2.45) is 0 Å². The second kappa shape index (κ2) is 7.50. The van der Waals surface area contributed by atoms with Crippen molar-refractivity contribution in [3.8, 4) is 0 Å². The number of carbonyl (C=O) groups excluding carboxylic acids is 1. The minimum absolute atomic E-state index is 0.0217. The second-order valence-electron chi connectivity index (χ2n) is 4.67. The molecule has 0 spiro atoms. The van der Waals surface area contributed by atoms with Gasteiger partial charge in [-0.25, -0.2) is 8.42 Å². The standard InChI is InChI=1S/C13H19ClN2O3S/c1-10(2)15-13(17)11-4-6-12(7-5-11)16-20(18,19)9-3-8-14/h4-7,10,16H,3,8-9H2,1-2H3,(H,15,17). The first kappa shape index (κ1) is 16.8. The van der Waals surface area contributed by atoms with Crippen molar-refractivity contribution in [2.45, 2.75) is 26.3 Å². The zero-order chi connectivity index (χ0) is 15.2. The molecular formula is C13H19ClN2O3S. The molecule has 1 aromatic carbocycles. The van der Waals surface area contributed by atoms with Crippen molar-refractivity contribution in [1.82, 2.24) is 5.32 Å². The lowest BCUT2D eigenvalue weighted by Crippen LogP contribution is -2.30. The van der Waals surface area contributed by atoms with Crippen LogP contribution >= 0.6 is 11.6 Å². The van der Waals surface area contributed by atoms with Crippen molar-refractivity contribution in [1.29, 1.82) is 0 Å². The summed E-state index contributed by atoms with van der Waals surface area (Å²) in [5.41, 5.74) is 0.920. The molecule has 0 aliphatic heterocycles. The van der Waals surface area contributed by atoms with Gasteiger partial charge in [0.1, 0.15) is 0 Å². The quantitative estimate of drug-likeness (QED) is 0.757. The average Bonchev–Trinajstić information content (AvgIpc) is 2.36. The van der Waals surface area contributed by atoms with E-state index in [2.05, 4.69) is 10.0 Å². The summed E-state index contributed by atoms with van der Waals surface area (Å²) in [5, 5.41) is 2.76. The van der Waals surface area contributed by atoms with Gasteiger partial charge in [0.25, 0.3) is 5.91 Å². The molecular weight excluding hydrogens is 300 g/mol. The minimum Gasteiger partial charge on any atom is -0.350 e. The Morgan fingerprint density at radius 3 is 2.35 bits per heavy atom. The fraction of sp³-hybridized carbons (Fsp3) is 0.462. The summed E-state index contributed by atoms with van der Waals surface area (Å²) in [5.74, 6) is 0.0953. The molecule has 0 bridgehead atoms. The van der Waals surface area contributed by atoms with E-state index in [4.69, 9.17) is 11.6 Å². The molecule has 112 valence electrons. The maximum absolute atomic E-state index is 11.7. The summed E-state index contributed by atoms with van der Waals surface area (Å²) in [4.78, 5) is 11.7. The van der Waals surface area contributed by atoms with Crippen molar-refractivity contribution in [2.75, 3.05) is 16.4 Å². The van der Waals surface area contributed by atoms with E-state index in [0.717, 1.165) is 0 Å². The summed E-state index contributed by atoms with van der Waals surface area (Å²) in [6.07, 6.45) is 0.395. The Balaban J connectivity index is 2.70. The fourth-order valence-corrected chi connectivity index (χ4v) is 2.92. The smallest absolute Gasteiger partial charge is 0.251 e. The van der Waals surface area contributed by atoms with Crippen molar-refractivity contribution < 1.29 is 13.2 Å². The zero-order valence-corrected chi connectivity index (χ0v) is 13.1. The van der Waals surface area contributed by atoms with Crippen LogP contribution in [0.15, 0.2) is 24.3 Å². The van der Waals surface area contributed by atoms with E-state index in [-0.39, 0.29) is 17.7 Å². The maximum atomic E-state index is 11.7. The zero-order valence-electron chi connectivity index (χ0n) is 11.5. The molecule has 0 aliphatic carbocycles.